The van der Waals surface area contributed by atoms with E-state index >= 15 is 0 Å². The van der Waals surface area contributed by atoms with Gasteiger partial charge in [-0.3, -0.25) is 0 Å². The average Bonchev–Trinajstić information content (AvgIpc) is 2.07. The van der Waals surface area contributed by atoms with Gasteiger partial charge in [-0.2, -0.15) is 0 Å². The fourth-order valence-electron chi connectivity index (χ4n) is 1.47. The van der Waals surface area contributed by atoms with Gasteiger partial charge in [0.1, 0.15) is 11.6 Å². The molecule has 13 heavy (non-hydrogen) atoms. The zero-order valence-corrected chi connectivity index (χ0v) is 7.21. The highest BCUT2D eigenvalue weighted by atomic mass is 19.1. The lowest BCUT2D eigenvalue weighted by molar-refractivity contribution is 0.481. The molecular weight excluding hydrogens is 167 g/mol. The summed E-state index contributed by atoms with van der Waals surface area (Å²) in [5, 5.41) is 10.5. The maximum absolute atomic E-state index is 13.2. The van der Waals surface area contributed by atoms with Crippen LogP contribution in [0.3, 0.4) is 0 Å². The van der Waals surface area contributed by atoms with Crippen molar-refractivity contribution in [2.45, 2.75) is 6.92 Å². The van der Waals surface area contributed by atoms with Crippen LogP contribution < -0.4 is 0 Å². The predicted molar refractivity (Wildman–Crippen MR) is 50.3 cm³/mol. The predicted octanol–water partition coefficient (Wildman–Crippen LogP) is 2.99. The van der Waals surface area contributed by atoms with Gasteiger partial charge in [0, 0.05) is 10.8 Å². The zero-order chi connectivity index (χ0) is 9.42. The third kappa shape index (κ3) is 1.24. The van der Waals surface area contributed by atoms with Crippen molar-refractivity contribution in [3.63, 3.8) is 0 Å². The molecule has 0 aliphatic heterocycles. The fourth-order valence-corrected chi connectivity index (χ4v) is 1.47. The van der Waals surface area contributed by atoms with Crippen LogP contribution in [0.15, 0.2) is 30.3 Å². The van der Waals surface area contributed by atoms with E-state index < -0.39 is 0 Å². The van der Waals surface area contributed by atoms with Crippen LogP contribution in [-0.2, 0) is 0 Å². The lowest BCUT2D eigenvalue weighted by atomic mass is 10.1. The number of rotatable bonds is 0. The van der Waals surface area contributed by atoms with Crippen molar-refractivity contribution in [3.05, 3.63) is 41.7 Å². The molecule has 0 spiro atoms. The second-order valence-corrected chi connectivity index (χ2v) is 3.12. The molecule has 0 amide bonds. The second-order valence-electron chi connectivity index (χ2n) is 3.12. The van der Waals surface area contributed by atoms with Gasteiger partial charge in [0.25, 0.3) is 0 Å². The molecule has 0 unspecified atom stereocenters. The molecule has 0 atom stereocenters. The summed E-state index contributed by atoms with van der Waals surface area (Å²) in [5.41, 5.74) is 0.857. The second kappa shape index (κ2) is 2.73. The first-order valence-electron chi connectivity index (χ1n) is 4.06. The van der Waals surface area contributed by atoms with E-state index in [4.69, 9.17) is 0 Å². The smallest absolute Gasteiger partial charge is 0.131 e. The van der Waals surface area contributed by atoms with Gasteiger partial charge in [0.2, 0.25) is 0 Å². The third-order valence-corrected chi connectivity index (χ3v) is 2.07. The van der Waals surface area contributed by atoms with Gasteiger partial charge < -0.3 is 5.11 Å². The van der Waals surface area contributed by atoms with Crippen LogP contribution in [0.25, 0.3) is 10.8 Å². The van der Waals surface area contributed by atoms with Gasteiger partial charge in [-0.25, -0.2) is 4.39 Å². The average molecular weight is 176 g/mol. The summed E-state index contributed by atoms with van der Waals surface area (Å²) in [7, 11) is 0. The summed E-state index contributed by atoms with van der Waals surface area (Å²) >= 11 is 0. The lowest BCUT2D eigenvalue weighted by Gasteiger charge is -2.03. The molecule has 0 saturated carbocycles. The monoisotopic (exact) mass is 176 g/mol. The summed E-state index contributed by atoms with van der Waals surface area (Å²) in [4.78, 5) is 0. The van der Waals surface area contributed by atoms with E-state index in [1.807, 2.05) is 6.92 Å². The Balaban J connectivity index is 2.94. The van der Waals surface area contributed by atoms with Crippen LogP contribution in [-0.4, -0.2) is 5.11 Å². The molecule has 0 bridgehead atoms. The highest BCUT2D eigenvalue weighted by molar-refractivity contribution is 5.89. The maximum atomic E-state index is 13.2. The van der Waals surface area contributed by atoms with Crippen molar-refractivity contribution in [1.29, 1.82) is 0 Å². The number of phenolic OH excluding ortho intramolecular Hbond substituents is 1. The van der Waals surface area contributed by atoms with E-state index in [-0.39, 0.29) is 11.6 Å². The Bertz CT molecular complexity index is 463. The highest BCUT2D eigenvalue weighted by Gasteiger charge is 2.04. The van der Waals surface area contributed by atoms with Crippen molar-refractivity contribution >= 4 is 10.8 Å². The van der Waals surface area contributed by atoms with Gasteiger partial charge in [-0.1, -0.05) is 12.1 Å². The molecule has 2 heteroatoms. The molecule has 0 saturated heterocycles. The molecule has 0 radical (unpaired) electrons. The number of benzene rings is 2. The summed E-state index contributed by atoms with van der Waals surface area (Å²) in [6, 6.07) is 8.04. The first-order chi connectivity index (χ1) is 6.18. The molecule has 2 rings (SSSR count). The van der Waals surface area contributed by atoms with E-state index in [0.717, 1.165) is 5.56 Å². The van der Waals surface area contributed by atoms with Crippen LogP contribution in [0.1, 0.15) is 5.56 Å². The highest BCUT2D eigenvalue weighted by Crippen LogP contribution is 2.27. The Labute approximate surface area is 75.4 Å². The summed E-state index contributed by atoms with van der Waals surface area (Å²) < 4.78 is 13.2. The zero-order valence-electron chi connectivity index (χ0n) is 7.21. The van der Waals surface area contributed by atoms with Crippen molar-refractivity contribution in [3.8, 4) is 5.75 Å². The van der Waals surface area contributed by atoms with E-state index in [9.17, 15) is 9.50 Å². The van der Waals surface area contributed by atoms with Crippen molar-refractivity contribution in [2.24, 2.45) is 0 Å². The minimum absolute atomic E-state index is 0.134. The number of fused-ring (bicyclic) bond motifs is 1. The Kier molecular flexibility index (Phi) is 1.69. The topological polar surface area (TPSA) is 20.2 Å². The van der Waals surface area contributed by atoms with Crippen LogP contribution in [0, 0.1) is 12.7 Å². The van der Waals surface area contributed by atoms with Crippen LogP contribution in [0.4, 0.5) is 4.39 Å². The molecule has 2 aromatic rings. The molecule has 0 heterocycles. The SMILES string of the molecule is Cc1cc(O)c2cccc(F)c2c1. The van der Waals surface area contributed by atoms with Gasteiger partial charge >= 0.3 is 0 Å². The van der Waals surface area contributed by atoms with Crippen LogP contribution in [0.2, 0.25) is 0 Å². The van der Waals surface area contributed by atoms with Crippen molar-refractivity contribution in [1.82, 2.24) is 0 Å². The number of halogens is 1. The Hall–Kier alpha value is -1.57. The summed E-state index contributed by atoms with van der Waals surface area (Å²) in [6.45, 7) is 1.82. The van der Waals surface area contributed by atoms with Gasteiger partial charge in [-0.15, -0.1) is 0 Å². The van der Waals surface area contributed by atoms with Crippen LogP contribution >= 0.6 is 0 Å². The molecule has 0 fully saturated rings. The molecule has 0 aliphatic rings. The molecule has 1 N–H and O–H groups in total. The number of aryl methyl sites for hydroxylation is 1. The van der Waals surface area contributed by atoms with Crippen molar-refractivity contribution < 1.29 is 9.50 Å². The molecule has 1 nitrogen and oxygen atoms in total. The first kappa shape index (κ1) is 8.05. The number of hydrogen-bond acceptors (Lipinski definition) is 1. The van der Waals surface area contributed by atoms with E-state index in [1.165, 1.54) is 6.07 Å². The van der Waals surface area contributed by atoms with Crippen LogP contribution in [0.5, 0.6) is 5.75 Å². The van der Waals surface area contributed by atoms with Gasteiger partial charge in [-0.05, 0) is 30.7 Å². The van der Waals surface area contributed by atoms with E-state index in [1.54, 1.807) is 24.3 Å². The summed E-state index contributed by atoms with van der Waals surface area (Å²) in [5.74, 6) is -0.161. The molecule has 2 aromatic carbocycles. The quantitative estimate of drug-likeness (QED) is 0.654. The van der Waals surface area contributed by atoms with Gasteiger partial charge in [0.15, 0.2) is 0 Å². The Morgan fingerprint density at radius 2 is 1.92 bits per heavy atom. The molecule has 0 aliphatic carbocycles. The third-order valence-electron chi connectivity index (χ3n) is 2.07. The molecular formula is C11H9FO. The normalized spacial score (nSPS) is 10.6. The number of aromatic hydroxyl groups is 1. The fraction of sp³-hybridized carbons (Fsp3) is 0.0909. The Morgan fingerprint density at radius 3 is 2.69 bits per heavy atom. The summed E-state index contributed by atoms with van der Waals surface area (Å²) in [6.07, 6.45) is 0. The van der Waals surface area contributed by atoms with E-state index in [0.29, 0.717) is 10.8 Å². The molecule has 0 aromatic heterocycles. The van der Waals surface area contributed by atoms with E-state index in [2.05, 4.69) is 0 Å². The Morgan fingerprint density at radius 1 is 1.15 bits per heavy atom. The standard InChI is InChI=1S/C11H9FO/c1-7-5-9-8(11(13)6-7)3-2-4-10(9)12/h2-6,13H,1H3. The largest absolute Gasteiger partial charge is 0.507 e. The maximum Gasteiger partial charge on any atom is 0.131 e. The number of hydrogen-bond donors (Lipinski definition) is 1. The number of phenols is 1. The minimum atomic E-state index is -0.295. The molecule has 66 valence electrons. The van der Waals surface area contributed by atoms with Crippen molar-refractivity contribution in [2.75, 3.05) is 0 Å². The minimum Gasteiger partial charge on any atom is -0.507 e. The first-order valence-corrected chi connectivity index (χ1v) is 4.06. The van der Waals surface area contributed by atoms with Gasteiger partial charge in [0.05, 0.1) is 0 Å². The lowest BCUT2D eigenvalue weighted by Crippen LogP contribution is -1.81.